The first-order valence-corrected chi connectivity index (χ1v) is 11.9. The van der Waals surface area contributed by atoms with E-state index in [0.29, 0.717) is 12.0 Å². The molecular weight excluding hydrogens is 461 g/mol. The minimum atomic E-state index is -0.873. The summed E-state index contributed by atoms with van der Waals surface area (Å²) in [6.07, 6.45) is 0.721. The highest BCUT2D eigenvalue weighted by Gasteiger charge is 2.32. The number of para-hydroxylation sites is 1. The standard InChI is InChI=1S/C28H30FN3O4/c1-3-20(2)30-28(34)26(17-21-9-5-4-6-10-21)31(19-22-13-15-24(29)16-14-22)27(33)18-23-11-7-8-12-25(23)32(35)36/h4-16,20,26H,3,17-19H2,1-2H3,(H,30,34)/t20-,26-/m1/s1. The quantitative estimate of drug-likeness (QED) is 0.307. The third-order valence-electron chi connectivity index (χ3n) is 6.07. The smallest absolute Gasteiger partial charge is 0.273 e. The molecule has 0 fully saturated rings. The van der Waals surface area contributed by atoms with Crippen molar-refractivity contribution in [3.63, 3.8) is 0 Å². The summed E-state index contributed by atoms with van der Waals surface area (Å²) in [5.74, 6) is -1.16. The maximum Gasteiger partial charge on any atom is 0.273 e. The summed E-state index contributed by atoms with van der Waals surface area (Å²) < 4.78 is 13.5. The number of hydrogen-bond acceptors (Lipinski definition) is 4. The first-order chi connectivity index (χ1) is 17.3. The molecule has 0 saturated carbocycles. The number of nitro groups is 1. The number of rotatable bonds is 11. The fourth-order valence-electron chi connectivity index (χ4n) is 3.88. The largest absolute Gasteiger partial charge is 0.352 e. The third-order valence-corrected chi connectivity index (χ3v) is 6.07. The zero-order valence-electron chi connectivity index (χ0n) is 20.4. The van der Waals surface area contributed by atoms with E-state index in [2.05, 4.69) is 5.32 Å². The van der Waals surface area contributed by atoms with Crippen molar-refractivity contribution in [2.24, 2.45) is 0 Å². The van der Waals surface area contributed by atoms with Crippen LogP contribution in [0.2, 0.25) is 0 Å². The number of benzene rings is 3. The van der Waals surface area contributed by atoms with Gasteiger partial charge in [-0.1, -0.05) is 67.6 Å². The lowest BCUT2D eigenvalue weighted by molar-refractivity contribution is -0.385. The van der Waals surface area contributed by atoms with E-state index in [1.54, 1.807) is 24.3 Å². The maximum absolute atomic E-state index is 13.7. The Kier molecular flexibility index (Phi) is 9.27. The number of nitrogens with zero attached hydrogens (tertiary/aromatic N) is 2. The van der Waals surface area contributed by atoms with Crippen LogP contribution in [0.25, 0.3) is 0 Å². The molecule has 1 N–H and O–H groups in total. The van der Waals surface area contributed by atoms with Crippen LogP contribution in [0.1, 0.15) is 37.0 Å². The topological polar surface area (TPSA) is 92.6 Å². The third kappa shape index (κ3) is 7.21. The van der Waals surface area contributed by atoms with E-state index >= 15 is 0 Å². The second-order valence-corrected chi connectivity index (χ2v) is 8.73. The molecule has 0 unspecified atom stereocenters. The molecular formula is C28H30FN3O4. The molecule has 0 saturated heterocycles. The lowest BCUT2D eigenvalue weighted by atomic mass is 10.0. The van der Waals surface area contributed by atoms with Crippen LogP contribution >= 0.6 is 0 Å². The molecule has 3 aromatic carbocycles. The average Bonchev–Trinajstić information content (AvgIpc) is 2.87. The highest BCUT2D eigenvalue weighted by atomic mass is 19.1. The highest BCUT2D eigenvalue weighted by Crippen LogP contribution is 2.22. The van der Waals surface area contributed by atoms with E-state index in [9.17, 15) is 24.1 Å². The van der Waals surface area contributed by atoms with Crippen molar-refractivity contribution in [2.75, 3.05) is 0 Å². The van der Waals surface area contributed by atoms with E-state index in [1.807, 2.05) is 44.2 Å². The van der Waals surface area contributed by atoms with Crippen molar-refractivity contribution in [3.05, 3.63) is 111 Å². The van der Waals surface area contributed by atoms with E-state index in [1.165, 1.54) is 29.2 Å². The SMILES string of the molecule is CC[C@@H](C)NC(=O)[C@@H](Cc1ccccc1)N(Cc1ccc(F)cc1)C(=O)Cc1ccccc1[N+](=O)[O-]. The average molecular weight is 492 g/mol. The second kappa shape index (κ2) is 12.6. The monoisotopic (exact) mass is 491 g/mol. The molecule has 2 amide bonds. The van der Waals surface area contributed by atoms with Crippen LogP contribution in [0.4, 0.5) is 10.1 Å². The molecule has 0 heterocycles. The van der Waals surface area contributed by atoms with Crippen molar-refractivity contribution < 1.29 is 18.9 Å². The van der Waals surface area contributed by atoms with Gasteiger partial charge in [-0.15, -0.1) is 0 Å². The molecule has 0 bridgehead atoms. The van der Waals surface area contributed by atoms with Gasteiger partial charge in [0.15, 0.2) is 0 Å². The molecule has 0 aromatic heterocycles. The normalized spacial score (nSPS) is 12.4. The summed E-state index contributed by atoms with van der Waals surface area (Å²) in [7, 11) is 0. The van der Waals surface area contributed by atoms with Gasteiger partial charge in [-0.05, 0) is 36.6 Å². The van der Waals surface area contributed by atoms with Gasteiger partial charge in [0, 0.05) is 30.6 Å². The molecule has 188 valence electrons. The van der Waals surface area contributed by atoms with Gasteiger partial charge < -0.3 is 10.2 Å². The van der Waals surface area contributed by atoms with Crippen molar-refractivity contribution in [2.45, 2.75) is 51.7 Å². The lowest BCUT2D eigenvalue weighted by Crippen LogP contribution is -2.52. The van der Waals surface area contributed by atoms with Gasteiger partial charge in [0.2, 0.25) is 11.8 Å². The summed E-state index contributed by atoms with van der Waals surface area (Å²) in [6, 6.07) is 20.2. The molecule has 0 radical (unpaired) electrons. The Hall–Kier alpha value is -4.07. The molecule has 8 heteroatoms. The van der Waals surface area contributed by atoms with Gasteiger partial charge in [-0.2, -0.15) is 0 Å². The van der Waals surface area contributed by atoms with Crippen LogP contribution in [0.15, 0.2) is 78.9 Å². The number of halogens is 1. The number of carbonyl (C=O) groups is 2. The number of nitro benzene ring substituents is 1. The first kappa shape index (κ1) is 26.5. The molecule has 2 atom stereocenters. The summed E-state index contributed by atoms with van der Waals surface area (Å²) in [6.45, 7) is 3.88. The number of nitrogens with one attached hydrogen (secondary N) is 1. The lowest BCUT2D eigenvalue weighted by Gasteiger charge is -2.32. The summed E-state index contributed by atoms with van der Waals surface area (Å²) in [5.41, 5.74) is 1.61. The summed E-state index contributed by atoms with van der Waals surface area (Å²) in [4.78, 5) is 39.6. The highest BCUT2D eigenvalue weighted by molar-refractivity contribution is 5.89. The first-order valence-electron chi connectivity index (χ1n) is 11.9. The van der Waals surface area contributed by atoms with Gasteiger partial charge >= 0.3 is 0 Å². The zero-order chi connectivity index (χ0) is 26.1. The summed E-state index contributed by atoms with van der Waals surface area (Å²) in [5, 5.41) is 14.5. The number of hydrogen-bond donors (Lipinski definition) is 1. The van der Waals surface area contributed by atoms with Crippen LogP contribution in [-0.4, -0.2) is 33.7 Å². The van der Waals surface area contributed by atoms with Crippen LogP contribution in [0.5, 0.6) is 0 Å². The van der Waals surface area contributed by atoms with Crippen LogP contribution < -0.4 is 5.32 Å². The van der Waals surface area contributed by atoms with Crippen LogP contribution in [-0.2, 0) is 29.0 Å². The van der Waals surface area contributed by atoms with Gasteiger partial charge in [0.1, 0.15) is 11.9 Å². The van der Waals surface area contributed by atoms with Crippen molar-refractivity contribution >= 4 is 17.5 Å². The molecule has 36 heavy (non-hydrogen) atoms. The Morgan fingerprint density at radius 3 is 2.25 bits per heavy atom. The molecule has 0 spiro atoms. The minimum absolute atomic E-state index is 0.0468. The van der Waals surface area contributed by atoms with Crippen molar-refractivity contribution in [1.82, 2.24) is 10.2 Å². The fraction of sp³-hybridized carbons (Fsp3) is 0.286. The van der Waals surface area contributed by atoms with E-state index in [0.717, 1.165) is 5.56 Å². The van der Waals surface area contributed by atoms with E-state index in [4.69, 9.17) is 0 Å². The molecule has 3 aromatic rings. The maximum atomic E-state index is 13.7. The van der Waals surface area contributed by atoms with Crippen LogP contribution in [0.3, 0.4) is 0 Å². The fourth-order valence-corrected chi connectivity index (χ4v) is 3.88. The molecule has 3 rings (SSSR count). The Labute approximate surface area is 210 Å². The Balaban J connectivity index is 2.01. The molecule has 0 aliphatic rings. The zero-order valence-corrected chi connectivity index (χ0v) is 20.4. The summed E-state index contributed by atoms with van der Waals surface area (Å²) >= 11 is 0. The van der Waals surface area contributed by atoms with Crippen LogP contribution in [0, 0.1) is 15.9 Å². The van der Waals surface area contributed by atoms with Crippen molar-refractivity contribution in [1.29, 1.82) is 0 Å². The van der Waals surface area contributed by atoms with E-state index < -0.39 is 22.7 Å². The van der Waals surface area contributed by atoms with E-state index in [-0.39, 0.29) is 42.6 Å². The van der Waals surface area contributed by atoms with Crippen molar-refractivity contribution in [3.8, 4) is 0 Å². The predicted octanol–water partition coefficient (Wildman–Crippen LogP) is 4.83. The van der Waals surface area contributed by atoms with Gasteiger partial charge in [-0.3, -0.25) is 19.7 Å². The second-order valence-electron chi connectivity index (χ2n) is 8.73. The number of carbonyl (C=O) groups excluding carboxylic acids is 2. The minimum Gasteiger partial charge on any atom is -0.352 e. The predicted molar refractivity (Wildman–Crippen MR) is 136 cm³/mol. The Morgan fingerprint density at radius 1 is 0.972 bits per heavy atom. The molecule has 7 nitrogen and oxygen atoms in total. The molecule has 0 aliphatic carbocycles. The number of amides is 2. The van der Waals surface area contributed by atoms with Gasteiger partial charge in [0.05, 0.1) is 11.3 Å². The Morgan fingerprint density at radius 2 is 1.61 bits per heavy atom. The molecule has 0 aliphatic heterocycles. The van der Waals surface area contributed by atoms with Gasteiger partial charge in [-0.25, -0.2) is 4.39 Å². The van der Waals surface area contributed by atoms with Gasteiger partial charge in [0.25, 0.3) is 5.69 Å². The Bertz CT molecular complexity index is 1180.